The highest BCUT2D eigenvalue weighted by Gasteiger charge is 2.14. The second-order valence-electron chi connectivity index (χ2n) is 4.20. The largest absolute Gasteiger partial charge is 0.382 e. The van der Waals surface area contributed by atoms with Crippen molar-refractivity contribution < 1.29 is 0 Å². The minimum absolute atomic E-state index is 0. The van der Waals surface area contributed by atoms with E-state index < -0.39 is 0 Å². The van der Waals surface area contributed by atoms with E-state index in [9.17, 15) is 0 Å². The minimum Gasteiger partial charge on any atom is -0.382 e. The second kappa shape index (κ2) is 7.26. The maximum Gasteiger partial charge on any atom is 0.0603 e. The van der Waals surface area contributed by atoms with Gasteiger partial charge in [0.25, 0.3) is 0 Å². The average molecular weight is 301 g/mol. The first-order chi connectivity index (χ1) is 8.43. The molecule has 0 radical (unpaired) electrons. The summed E-state index contributed by atoms with van der Waals surface area (Å²) in [4.78, 5) is 2.41. The average Bonchev–Trinajstić information content (AvgIpc) is 2.89. The Bertz CT molecular complexity index is 487. The van der Waals surface area contributed by atoms with Gasteiger partial charge in [-0.15, -0.1) is 24.8 Å². The van der Waals surface area contributed by atoms with Crippen LogP contribution in [0, 0.1) is 0 Å². The van der Waals surface area contributed by atoms with Crippen molar-refractivity contribution in [3.05, 3.63) is 42.7 Å². The quantitative estimate of drug-likeness (QED) is 0.946. The predicted octanol–water partition coefficient (Wildman–Crippen LogP) is 2.66. The molecule has 1 N–H and O–H groups in total. The molecule has 19 heavy (non-hydrogen) atoms. The normalized spacial score (nSPS) is 12.7. The maximum atomic E-state index is 4.23. The molecule has 6 heteroatoms. The Morgan fingerprint density at radius 2 is 1.95 bits per heavy atom. The topological polar surface area (TPSA) is 33.1 Å². The van der Waals surface area contributed by atoms with Crippen molar-refractivity contribution in [2.45, 2.75) is 6.54 Å². The van der Waals surface area contributed by atoms with Crippen molar-refractivity contribution >= 4 is 36.2 Å². The lowest BCUT2D eigenvalue weighted by Gasteiger charge is -2.31. The minimum atomic E-state index is 0. The van der Waals surface area contributed by atoms with E-state index in [0.29, 0.717) is 0 Å². The molecule has 0 saturated carbocycles. The Labute approximate surface area is 125 Å². The van der Waals surface area contributed by atoms with Crippen LogP contribution < -0.4 is 10.2 Å². The molecule has 1 aliphatic heterocycles. The lowest BCUT2D eigenvalue weighted by atomic mass is 10.2. The van der Waals surface area contributed by atoms with Crippen LogP contribution in [0.5, 0.6) is 0 Å². The van der Waals surface area contributed by atoms with Gasteiger partial charge in [-0.05, 0) is 18.2 Å². The fourth-order valence-electron chi connectivity index (χ4n) is 2.23. The molecule has 1 aliphatic rings. The van der Waals surface area contributed by atoms with Gasteiger partial charge >= 0.3 is 0 Å². The maximum absolute atomic E-state index is 4.23. The fourth-order valence-corrected chi connectivity index (χ4v) is 2.23. The number of nitrogens with zero attached hydrogens (tertiary/aromatic N) is 3. The Kier molecular flexibility index (Phi) is 5.99. The molecule has 0 spiro atoms. The zero-order valence-corrected chi connectivity index (χ0v) is 12.2. The van der Waals surface area contributed by atoms with E-state index in [1.54, 1.807) is 0 Å². The van der Waals surface area contributed by atoms with Gasteiger partial charge < -0.3 is 10.2 Å². The van der Waals surface area contributed by atoms with Crippen LogP contribution in [0.2, 0.25) is 0 Å². The first-order valence-corrected chi connectivity index (χ1v) is 5.99. The van der Waals surface area contributed by atoms with Gasteiger partial charge in [0.05, 0.1) is 17.9 Å². The van der Waals surface area contributed by atoms with Gasteiger partial charge in [-0.25, -0.2) is 0 Å². The molecule has 0 unspecified atom stereocenters. The highest BCUT2D eigenvalue weighted by atomic mass is 35.5. The Morgan fingerprint density at radius 3 is 2.74 bits per heavy atom. The van der Waals surface area contributed by atoms with Gasteiger partial charge in [0.2, 0.25) is 0 Å². The van der Waals surface area contributed by atoms with Crippen molar-refractivity contribution in [2.24, 2.45) is 0 Å². The van der Waals surface area contributed by atoms with E-state index in [2.05, 4.69) is 39.6 Å². The number of aromatic nitrogens is 2. The van der Waals surface area contributed by atoms with Gasteiger partial charge in [-0.3, -0.25) is 4.68 Å². The predicted molar refractivity (Wildman–Crippen MR) is 83.9 cm³/mol. The Morgan fingerprint density at radius 1 is 1.11 bits per heavy atom. The number of para-hydroxylation sites is 2. The molecule has 2 aromatic rings. The summed E-state index contributed by atoms with van der Waals surface area (Å²) in [5, 5.41) is 7.65. The third kappa shape index (κ3) is 3.55. The van der Waals surface area contributed by atoms with Crippen molar-refractivity contribution in [3.8, 4) is 0 Å². The summed E-state index contributed by atoms with van der Waals surface area (Å²) in [6.45, 7) is 4.00. The lowest BCUT2D eigenvalue weighted by molar-refractivity contribution is 0.595. The zero-order chi connectivity index (χ0) is 11.5. The Hall–Kier alpha value is -1.39. The molecule has 4 nitrogen and oxygen atoms in total. The van der Waals surface area contributed by atoms with Crippen molar-refractivity contribution in [2.75, 3.05) is 29.9 Å². The monoisotopic (exact) mass is 300 g/mol. The molecule has 0 saturated heterocycles. The summed E-state index contributed by atoms with van der Waals surface area (Å²) in [5.74, 6) is 0. The molecule has 0 bridgehead atoms. The summed E-state index contributed by atoms with van der Waals surface area (Å²) in [6, 6.07) is 10.4. The zero-order valence-electron chi connectivity index (χ0n) is 10.5. The van der Waals surface area contributed by atoms with Gasteiger partial charge in [-0.1, -0.05) is 12.1 Å². The third-order valence-electron chi connectivity index (χ3n) is 3.10. The van der Waals surface area contributed by atoms with Crippen LogP contribution in [0.1, 0.15) is 0 Å². The van der Waals surface area contributed by atoms with Crippen molar-refractivity contribution in [3.63, 3.8) is 0 Å². The van der Waals surface area contributed by atoms with Crippen molar-refractivity contribution in [1.29, 1.82) is 0 Å². The van der Waals surface area contributed by atoms with Crippen LogP contribution in [0.3, 0.4) is 0 Å². The highest BCUT2D eigenvalue weighted by Crippen LogP contribution is 2.27. The SMILES string of the molecule is Cl.Cl.c1ccc2c(c1)NCCN2CCn1cccn1. The number of rotatable bonds is 3. The van der Waals surface area contributed by atoms with E-state index >= 15 is 0 Å². The molecule has 0 fully saturated rings. The lowest BCUT2D eigenvalue weighted by Crippen LogP contribution is -2.36. The van der Waals surface area contributed by atoms with Crippen LogP contribution in [0.4, 0.5) is 11.4 Å². The van der Waals surface area contributed by atoms with Gasteiger partial charge in [-0.2, -0.15) is 5.10 Å². The van der Waals surface area contributed by atoms with Crippen LogP contribution >= 0.6 is 24.8 Å². The molecule has 2 heterocycles. The summed E-state index contributed by atoms with van der Waals surface area (Å²) >= 11 is 0. The third-order valence-corrected chi connectivity index (χ3v) is 3.10. The van der Waals surface area contributed by atoms with Crippen LogP contribution in [-0.2, 0) is 6.54 Å². The molecule has 3 rings (SSSR count). The van der Waals surface area contributed by atoms with Gasteiger partial charge in [0.1, 0.15) is 0 Å². The molecule has 1 aromatic heterocycles. The molecule has 0 aliphatic carbocycles. The van der Waals surface area contributed by atoms with E-state index in [0.717, 1.165) is 26.2 Å². The molecule has 0 atom stereocenters. The number of hydrogen-bond acceptors (Lipinski definition) is 3. The molecular formula is C13H18Cl2N4. The number of fused-ring (bicyclic) bond motifs is 1. The van der Waals surface area contributed by atoms with E-state index in [-0.39, 0.29) is 24.8 Å². The summed E-state index contributed by atoms with van der Waals surface area (Å²) in [5.41, 5.74) is 2.53. The highest BCUT2D eigenvalue weighted by molar-refractivity contribution is 5.85. The summed E-state index contributed by atoms with van der Waals surface area (Å²) in [6.07, 6.45) is 3.83. The number of benzene rings is 1. The summed E-state index contributed by atoms with van der Waals surface area (Å²) < 4.78 is 1.98. The van der Waals surface area contributed by atoms with E-state index in [1.807, 2.05) is 23.1 Å². The first-order valence-electron chi connectivity index (χ1n) is 5.99. The van der Waals surface area contributed by atoms with Crippen LogP contribution in [0.15, 0.2) is 42.7 Å². The molecule has 1 aromatic carbocycles. The molecular weight excluding hydrogens is 283 g/mol. The van der Waals surface area contributed by atoms with Gasteiger partial charge in [0, 0.05) is 32.0 Å². The second-order valence-corrected chi connectivity index (χ2v) is 4.20. The van der Waals surface area contributed by atoms with Crippen LogP contribution in [-0.4, -0.2) is 29.4 Å². The number of halogens is 2. The van der Waals surface area contributed by atoms with E-state index in [4.69, 9.17) is 0 Å². The number of hydrogen-bond donors (Lipinski definition) is 1. The molecule has 104 valence electrons. The Balaban J connectivity index is 0.000000902. The van der Waals surface area contributed by atoms with Crippen LogP contribution in [0.25, 0.3) is 0 Å². The van der Waals surface area contributed by atoms with E-state index in [1.165, 1.54) is 11.4 Å². The number of nitrogens with one attached hydrogen (secondary N) is 1. The standard InChI is InChI=1S/C13H16N4.2ClH/c1-2-5-13-12(4-1)14-7-9-16(13)10-11-17-8-3-6-15-17;;/h1-6,8,14H,7,9-11H2;2*1H. The smallest absolute Gasteiger partial charge is 0.0603 e. The number of anilines is 2. The first kappa shape index (κ1) is 15.7. The van der Waals surface area contributed by atoms with Gasteiger partial charge in [0.15, 0.2) is 0 Å². The molecule has 0 amide bonds. The fraction of sp³-hybridized carbons (Fsp3) is 0.308. The van der Waals surface area contributed by atoms with Crippen molar-refractivity contribution in [1.82, 2.24) is 9.78 Å². The summed E-state index contributed by atoms with van der Waals surface area (Å²) in [7, 11) is 0.